The van der Waals surface area contributed by atoms with Crippen LogP contribution >= 0.6 is 0 Å². The van der Waals surface area contributed by atoms with Crippen molar-refractivity contribution in [2.24, 2.45) is 10.2 Å². The van der Waals surface area contributed by atoms with Gasteiger partial charge in [0.15, 0.2) is 5.65 Å². The molecule has 5 aromatic rings. The summed E-state index contributed by atoms with van der Waals surface area (Å²) in [5.74, 6) is 0.415. The van der Waals surface area contributed by atoms with Crippen LogP contribution < -0.4 is 11.3 Å². The summed E-state index contributed by atoms with van der Waals surface area (Å²) < 4.78 is 3.61. The number of pyridine rings is 1. The van der Waals surface area contributed by atoms with Gasteiger partial charge in [-0.25, -0.2) is 14.6 Å². The summed E-state index contributed by atoms with van der Waals surface area (Å²) in [5.41, 5.74) is 11.2. The van der Waals surface area contributed by atoms with Crippen molar-refractivity contribution in [3.8, 4) is 5.69 Å². The Labute approximate surface area is 201 Å². The minimum atomic E-state index is -0.0517. The Morgan fingerprint density at radius 1 is 0.971 bits per heavy atom. The van der Waals surface area contributed by atoms with Crippen LogP contribution in [-0.2, 0) is 6.54 Å². The number of aromatic nitrogens is 5. The lowest BCUT2D eigenvalue weighted by Crippen LogP contribution is -2.25. The van der Waals surface area contributed by atoms with E-state index < -0.39 is 0 Å². The lowest BCUT2D eigenvalue weighted by molar-refractivity contribution is 0.639. The van der Waals surface area contributed by atoms with Gasteiger partial charge in [-0.05, 0) is 42.5 Å². The van der Waals surface area contributed by atoms with Crippen LogP contribution in [0.4, 0.5) is 5.82 Å². The fourth-order valence-corrected chi connectivity index (χ4v) is 4.93. The minimum Gasteiger partial charge on any atom is -0.383 e. The summed E-state index contributed by atoms with van der Waals surface area (Å²) in [6.07, 6.45) is 1.45. The topological polar surface area (TPSA) is 116 Å². The third-order valence-electron chi connectivity index (χ3n) is 6.68. The van der Waals surface area contributed by atoms with Crippen molar-refractivity contribution in [1.29, 1.82) is 0 Å². The molecule has 0 fully saturated rings. The first-order valence-electron chi connectivity index (χ1n) is 11.5. The fraction of sp³-hybridized carbons (Fsp3) is 0.231. The van der Waals surface area contributed by atoms with Crippen molar-refractivity contribution in [3.63, 3.8) is 0 Å². The van der Waals surface area contributed by atoms with Crippen molar-refractivity contribution in [3.05, 3.63) is 87.7 Å². The monoisotopic (exact) mass is 464 g/mol. The summed E-state index contributed by atoms with van der Waals surface area (Å²) in [6, 6.07) is 15.9. The normalized spacial score (nSPS) is 13.9. The van der Waals surface area contributed by atoms with Gasteiger partial charge in [0.25, 0.3) is 5.56 Å². The molecule has 2 aromatic carbocycles. The maximum absolute atomic E-state index is 13.9. The van der Waals surface area contributed by atoms with Gasteiger partial charge in [0.2, 0.25) is 0 Å². The Morgan fingerprint density at radius 3 is 2.54 bits per heavy atom. The van der Waals surface area contributed by atoms with Crippen LogP contribution in [0.2, 0.25) is 0 Å². The second kappa shape index (κ2) is 8.12. The number of rotatable bonds is 4. The third kappa shape index (κ3) is 3.39. The number of benzene rings is 2. The molecule has 1 aliphatic heterocycles. The van der Waals surface area contributed by atoms with Crippen LogP contribution in [0.15, 0.2) is 69.9 Å². The molecule has 174 valence electrons. The number of hydrogen-bond donors (Lipinski definition) is 1. The summed E-state index contributed by atoms with van der Waals surface area (Å²) in [7, 11) is 0. The maximum Gasteiger partial charge on any atom is 0.263 e. The predicted molar refractivity (Wildman–Crippen MR) is 135 cm³/mol. The predicted octanol–water partition coefficient (Wildman–Crippen LogP) is 3.93. The average Bonchev–Trinajstić information content (AvgIpc) is 3.49. The standard InChI is InChI=1S/C26H24N8O/c1-15-6-3-4-9-20(15)34-19(10-17-8-5-7-16(2)21(17)26(34)35)13-33-25-22(24(27)28-14-29-25)23(32-33)18-11-30-31-12-18/h3-10,14,18H,11-13H2,1-2H3,(H2,27,28,29). The molecule has 2 N–H and O–H groups in total. The zero-order valence-corrected chi connectivity index (χ0v) is 19.5. The van der Waals surface area contributed by atoms with Crippen LogP contribution in [-0.4, -0.2) is 37.4 Å². The van der Waals surface area contributed by atoms with Gasteiger partial charge in [-0.2, -0.15) is 15.3 Å². The molecule has 0 radical (unpaired) electrons. The van der Waals surface area contributed by atoms with E-state index >= 15 is 0 Å². The van der Waals surface area contributed by atoms with E-state index in [4.69, 9.17) is 10.8 Å². The van der Waals surface area contributed by atoms with E-state index in [9.17, 15) is 4.79 Å². The largest absolute Gasteiger partial charge is 0.383 e. The highest BCUT2D eigenvalue weighted by molar-refractivity contribution is 5.89. The molecule has 0 unspecified atom stereocenters. The van der Waals surface area contributed by atoms with Crippen molar-refractivity contribution in [1.82, 2.24) is 24.3 Å². The number of nitrogens with zero attached hydrogens (tertiary/aromatic N) is 7. The summed E-state index contributed by atoms with van der Waals surface area (Å²) in [4.78, 5) is 22.6. The number of anilines is 1. The van der Waals surface area contributed by atoms with Crippen molar-refractivity contribution in [2.75, 3.05) is 18.8 Å². The SMILES string of the molecule is Cc1ccccc1-n1c(Cn2nc(C3CN=NC3)c3c(N)ncnc32)cc2cccc(C)c2c1=O. The molecule has 9 heteroatoms. The Kier molecular flexibility index (Phi) is 4.91. The van der Waals surface area contributed by atoms with Crippen molar-refractivity contribution in [2.45, 2.75) is 26.3 Å². The molecule has 0 spiro atoms. The van der Waals surface area contributed by atoms with Crippen molar-refractivity contribution >= 4 is 27.6 Å². The van der Waals surface area contributed by atoms with Crippen LogP contribution in [0.3, 0.4) is 0 Å². The Bertz CT molecular complexity index is 1690. The fourth-order valence-electron chi connectivity index (χ4n) is 4.93. The molecule has 9 nitrogen and oxygen atoms in total. The van der Waals surface area contributed by atoms with Crippen molar-refractivity contribution < 1.29 is 0 Å². The first kappa shape index (κ1) is 21.2. The smallest absolute Gasteiger partial charge is 0.263 e. The van der Waals surface area contributed by atoms with Crippen LogP contribution in [0.1, 0.15) is 28.4 Å². The summed E-state index contributed by atoms with van der Waals surface area (Å²) in [5, 5.41) is 15.5. The average molecular weight is 465 g/mol. The molecule has 0 bridgehead atoms. The van der Waals surface area contributed by atoms with E-state index in [1.807, 2.05) is 61.0 Å². The third-order valence-corrected chi connectivity index (χ3v) is 6.68. The van der Waals surface area contributed by atoms with Gasteiger partial charge in [-0.3, -0.25) is 9.36 Å². The molecule has 0 amide bonds. The zero-order valence-electron chi connectivity index (χ0n) is 19.5. The highest BCUT2D eigenvalue weighted by Crippen LogP contribution is 2.31. The lowest BCUT2D eigenvalue weighted by Gasteiger charge is -2.17. The van der Waals surface area contributed by atoms with Gasteiger partial charge in [0, 0.05) is 11.6 Å². The van der Waals surface area contributed by atoms with Crippen LogP contribution in [0.5, 0.6) is 0 Å². The van der Waals surface area contributed by atoms with Gasteiger partial charge in [-0.15, -0.1) is 0 Å². The second-order valence-electron chi connectivity index (χ2n) is 8.95. The van der Waals surface area contributed by atoms with Gasteiger partial charge < -0.3 is 5.73 Å². The van der Waals surface area contributed by atoms with Crippen LogP contribution in [0, 0.1) is 13.8 Å². The molecule has 6 rings (SSSR count). The molecule has 35 heavy (non-hydrogen) atoms. The minimum absolute atomic E-state index is 0.0323. The highest BCUT2D eigenvalue weighted by atomic mass is 16.1. The Hall–Kier alpha value is -4.40. The summed E-state index contributed by atoms with van der Waals surface area (Å²) in [6.45, 7) is 5.43. The summed E-state index contributed by atoms with van der Waals surface area (Å²) >= 11 is 0. The number of nitrogens with two attached hydrogens (primary N) is 1. The highest BCUT2D eigenvalue weighted by Gasteiger charge is 2.26. The molecule has 4 heterocycles. The van der Waals surface area contributed by atoms with E-state index in [-0.39, 0.29) is 11.5 Å². The first-order valence-corrected chi connectivity index (χ1v) is 11.5. The number of hydrogen-bond acceptors (Lipinski definition) is 7. The van der Waals surface area contributed by atoms with E-state index in [2.05, 4.69) is 26.3 Å². The number of fused-ring (bicyclic) bond motifs is 2. The van der Waals surface area contributed by atoms with E-state index in [0.29, 0.717) is 36.5 Å². The molecule has 0 saturated carbocycles. The lowest BCUT2D eigenvalue weighted by atomic mass is 10.0. The Balaban J connectivity index is 1.60. The maximum atomic E-state index is 13.9. The Morgan fingerprint density at radius 2 is 1.74 bits per heavy atom. The molecule has 0 saturated heterocycles. The number of aryl methyl sites for hydroxylation is 2. The molecule has 3 aromatic heterocycles. The van der Waals surface area contributed by atoms with E-state index in [1.165, 1.54) is 6.33 Å². The molecular weight excluding hydrogens is 440 g/mol. The first-order chi connectivity index (χ1) is 17.0. The van der Waals surface area contributed by atoms with Gasteiger partial charge >= 0.3 is 0 Å². The number of nitrogen functional groups attached to an aromatic ring is 1. The second-order valence-corrected chi connectivity index (χ2v) is 8.95. The van der Waals surface area contributed by atoms with E-state index in [0.717, 1.165) is 39.0 Å². The molecule has 0 atom stereocenters. The van der Waals surface area contributed by atoms with Gasteiger partial charge in [0.1, 0.15) is 12.1 Å². The molecular formula is C26H24N8O. The van der Waals surface area contributed by atoms with Crippen LogP contribution in [0.25, 0.3) is 27.5 Å². The molecule has 1 aliphatic rings. The number of para-hydroxylation sites is 1. The van der Waals surface area contributed by atoms with E-state index in [1.54, 1.807) is 4.57 Å². The molecule has 0 aliphatic carbocycles. The quantitative estimate of drug-likeness (QED) is 0.433. The zero-order chi connectivity index (χ0) is 24.1. The number of azo groups is 1. The van der Waals surface area contributed by atoms with Gasteiger partial charge in [0.05, 0.1) is 41.8 Å². The van der Waals surface area contributed by atoms with Gasteiger partial charge in [-0.1, -0.05) is 36.4 Å².